The van der Waals surface area contributed by atoms with Crippen LogP contribution in [0, 0.1) is 0 Å². The van der Waals surface area contributed by atoms with Gasteiger partial charge in [-0.25, -0.2) is 0 Å². The molecule has 0 aliphatic rings. The van der Waals surface area contributed by atoms with Crippen LogP contribution >= 0.6 is 0 Å². The highest BCUT2D eigenvalue weighted by Gasteiger charge is 2.12. The van der Waals surface area contributed by atoms with E-state index in [0.717, 1.165) is 18.5 Å². The molecule has 0 aliphatic heterocycles. The highest BCUT2D eigenvalue weighted by molar-refractivity contribution is 6.01. The van der Waals surface area contributed by atoms with Crippen molar-refractivity contribution < 1.29 is 4.79 Å². The fourth-order valence-corrected chi connectivity index (χ4v) is 1.58. The van der Waals surface area contributed by atoms with Crippen molar-refractivity contribution >= 4 is 17.3 Å². The first-order valence-electron chi connectivity index (χ1n) is 5.51. The standard InChI is InChI=1S/C12H20N4O/c1-15-12(17)9-5-4-8(6-7-16(2)3)10(13)11(9)14/h4-5H,6-7,13-14H2,1-3H3,(H,15,17). The minimum atomic E-state index is -0.214. The fourth-order valence-electron chi connectivity index (χ4n) is 1.58. The molecule has 94 valence electrons. The van der Waals surface area contributed by atoms with Crippen molar-refractivity contribution in [2.45, 2.75) is 6.42 Å². The molecule has 5 nitrogen and oxygen atoms in total. The van der Waals surface area contributed by atoms with Gasteiger partial charge in [0.15, 0.2) is 0 Å². The van der Waals surface area contributed by atoms with Gasteiger partial charge in [0.2, 0.25) is 0 Å². The SMILES string of the molecule is CNC(=O)c1ccc(CCN(C)C)c(N)c1N. The third-order valence-electron chi connectivity index (χ3n) is 2.68. The second kappa shape index (κ2) is 5.54. The van der Waals surface area contributed by atoms with Crippen LogP contribution in [0.5, 0.6) is 0 Å². The van der Waals surface area contributed by atoms with Gasteiger partial charge in [-0.3, -0.25) is 4.79 Å². The Balaban J connectivity index is 2.98. The summed E-state index contributed by atoms with van der Waals surface area (Å²) in [6.45, 7) is 0.892. The first-order valence-corrected chi connectivity index (χ1v) is 5.51. The maximum Gasteiger partial charge on any atom is 0.253 e. The van der Waals surface area contributed by atoms with Crippen molar-refractivity contribution in [3.63, 3.8) is 0 Å². The molecule has 17 heavy (non-hydrogen) atoms. The molecule has 5 heteroatoms. The molecule has 1 rings (SSSR count). The maximum absolute atomic E-state index is 11.5. The van der Waals surface area contributed by atoms with Crippen molar-refractivity contribution in [2.75, 3.05) is 39.2 Å². The van der Waals surface area contributed by atoms with Crippen LogP contribution in [-0.2, 0) is 6.42 Å². The van der Waals surface area contributed by atoms with Crippen LogP contribution in [0.15, 0.2) is 12.1 Å². The van der Waals surface area contributed by atoms with Crippen LogP contribution in [0.1, 0.15) is 15.9 Å². The van der Waals surface area contributed by atoms with Gasteiger partial charge in [0.1, 0.15) is 0 Å². The van der Waals surface area contributed by atoms with Crippen LogP contribution in [0.3, 0.4) is 0 Å². The number of hydrogen-bond donors (Lipinski definition) is 3. The molecule has 0 aromatic heterocycles. The summed E-state index contributed by atoms with van der Waals surface area (Å²) < 4.78 is 0. The Morgan fingerprint density at radius 1 is 1.29 bits per heavy atom. The number of amides is 1. The third-order valence-corrected chi connectivity index (χ3v) is 2.68. The molecule has 1 amide bonds. The molecule has 0 radical (unpaired) electrons. The average Bonchev–Trinajstić information content (AvgIpc) is 2.30. The summed E-state index contributed by atoms with van der Waals surface area (Å²) in [5, 5.41) is 2.54. The molecule has 0 aliphatic carbocycles. The highest BCUT2D eigenvalue weighted by Crippen LogP contribution is 2.24. The van der Waals surface area contributed by atoms with E-state index in [4.69, 9.17) is 11.5 Å². The Hall–Kier alpha value is -1.75. The number of anilines is 2. The van der Waals surface area contributed by atoms with Crippen LogP contribution in [-0.4, -0.2) is 38.5 Å². The van der Waals surface area contributed by atoms with E-state index < -0.39 is 0 Å². The van der Waals surface area contributed by atoms with Gasteiger partial charge >= 0.3 is 0 Å². The number of nitrogens with two attached hydrogens (primary N) is 2. The summed E-state index contributed by atoms with van der Waals surface area (Å²) >= 11 is 0. The van der Waals surface area contributed by atoms with E-state index in [9.17, 15) is 4.79 Å². The van der Waals surface area contributed by atoms with Crippen LogP contribution in [0.2, 0.25) is 0 Å². The van der Waals surface area contributed by atoms with E-state index in [1.54, 1.807) is 13.1 Å². The Morgan fingerprint density at radius 2 is 1.94 bits per heavy atom. The van der Waals surface area contributed by atoms with Gasteiger partial charge in [0.05, 0.1) is 16.9 Å². The largest absolute Gasteiger partial charge is 0.397 e. The lowest BCUT2D eigenvalue weighted by atomic mass is 10.0. The van der Waals surface area contributed by atoms with E-state index in [1.807, 2.05) is 20.2 Å². The number of carbonyl (C=O) groups excluding carboxylic acids is 1. The Labute approximate surface area is 102 Å². The van der Waals surface area contributed by atoms with Crippen molar-refractivity contribution in [2.24, 2.45) is 0 Å². The van der Waals surface area contributed by atoms with Crippen molar-refractivity contribution in [3.05, 3.63) is 23.3 Å². The number of nitrogen functional groups attached to an aromatic ring is 2. The zero-order valence-corrected chi connectivity index (χ0v) is 10.6. The molecule has 5 N–H and O–H groups in total. The molecule has 0 saturated heterocycles. The smallest absolute Gasteiger partial charge is 0.253 e. The maximum atomic E-state index is 11.5. The number of hydrogen-bond acceptors (Lipinski definition) is 4. The normalized spacial score (nSPS) is 10.6. The van der Waals surface area contributed by atoms with Gasteiger partial charge in [-0.05, 0) is 32.1 Å². The molecule has 0 atom stereocenters. The lowest BCUT2D eigenvalue weighted by Crippen LogP contribution is -2.21. The first kappa shape index (κ1) is 13.3. The molecule has 0 saturated carbocycles. The van der Waals surface area contributed by atoms with Crippen molar-refractivity contribution in [3.8, 4) is 0 Å². The number of carbonyl (C=O) groups is 1. The van der Waals surface area contributed by atoms with Crippen molar-refractivity contribution in [1.82, 2.24) is 10.2 Å². The third kappa shape index (κ3) is 3.10. The predicted molar refractivity (Wildman–Crippen MR) is 70.9 cm³/mol. The second-order valence-electron chi connectivity index (χ2n) is 4.23. The minimum absolute atomic E-state index is 0.214. The predicted octanol–water partition coefficient (Wildman–Crippen LogP) is 0.315. The van der Waals surface area contributed by atoms with E-state index in [0.29, 0.717) is 16.9 Å². The highest BCUT2D eigenvalue weighted by atomic mass is 16.1. The number of benzene rings is 1. The Bertz CT molecular complexity index is 415. The van der Waals surface area contributed by atoms with Crippen LogP contribution < -0.4 is 16.8 Å². The second-order valence-corrected chi connectivity index (χ2v) is 4.23. The van der Waals surface area contributed by atoms with Gasteiger partial charge < -0.3 is 21.7 Å². The van der Waals surface area contributed by atoms with Gasteiger partial charge in [-0.1, -0.05) is 6.07 Å². The van der Waals surface area contributed by atoms with E-state index in [2.05, 4.69) is 10.2 Å². The molecule has 0 spiro atoms. The zero-order valence-electron chi connectivity index (χ0n) is 10.6. The van der Waals surface area contributed by atoms with Gasteiger partial charge in [0, 0.05) is 13.6 Å². The topological polar surface area (TPSA) is 84.4 Å². The fraction of sp³-hybridized carbons (Fsp3) is 0.417. The molecular weight excluding hydrogens is 216 g/mol. The monoisotopic (exact) mass is 236 g/mol. The van der Waals surface area contributed by atoms with E-state index in [1.165, 1.54) is 0 Å². The summed E-state index contributed by atoms with van der Waals surface area (Å²) in [6, 6.07) is 3.58. The molecule has 0 bridgehead atoms. The molecule has 0 fully saturated rings. The number of nitrogens with one attached hydrogen (secondary N) is 1. The minimum Gasteiger partial charge on any atom is -0.397 e. The summed E-state index contributed by atoms with van der Waals surface area (Å²) in [5.74, 6) is -0.214. The van der Waals surface area contributed by atoms with Gasteiger partial charge in [-0.2, -0.15) is 0 Å². The molecular formula is C12H20N4O. The molecule has 0 heterocycles. The van der Waals surface area contributed by atoms with Crippen LogP contribution in [0.4, 0.5) is 11.4 Å². The first-order chi connectivity index (χ1) is 7.97. The zero-order chi connectivity index (χ0) is 13.0. The van der Waals surface area contributed by atoms with E-state index >= 15 is 0 Å². The lowest BCUT2D eigenvalue weighted by Gasteiger charge is -2.14. The number of likely N-dealkylation sites (N-methyl/N-ethyl adjacent to an activating group) is 1. The average molecular weight is 236 g/mol. The van der Waals surface area contributed by atoms with E-state index in [-0.39, 0.29) is 5.91 Å². The summed E-state index contributed by atoms with van der Waals surface area (Å²) in [4.78, 5) is 13.6. The molecule has 1 aromatic rings. The molecule has 0 unspecified atom stereocenters. The van der Waals surface area contributed by atoms with Crippen LogP contribution in [0.25, 0.3) is 0 Å². The summed E-state index contributed by atoms with van der Waals surface area (Å²) in [6.07, 6.45) is 0.817. The lowest BCUT2D eigenvalue weighted by molar-refractivity contribution is 0.0964. The number of rotatable bonds is 4. The Morgan fingerprint density at radius 3 is 2.47 bits per heavy atom. The summed E-state index contributed by atoms with van der Waals surface area (Å²) in [7, 11) is 5.56. The van der Waals surface area contributed by atoms with Gasteiger partial charge in [0.25, 0.3) is 5.91 Å². The van der Waals surface area contributed by atoms with Crippen molar-refractivity contribution in [1.29, 1.82) is 0 Å². The number of nitrogens with zero attached hydrogens (tertiary/aromatic N) is 1. The van der Waals surface area contributed by atoms with Gasteiger partial charge in [-0.15, -0.1) is 0 Å². The molecule has 1 aromatic carbocycles. The summed E-state index contributed by atoms with van der Waals surface area (Å²) in [5.41, 5.74) is 14.1. The quantitative estimate of drug-likeness (QED) is 0.657. The Kier molecular flexibility index (Phi) is 4.34.